The van der Waals surface area contributed by atoms with Crippen molar-refractivity contribution in [1.82, 2.24) is 16.0 Å². The van der Waals surface area contributed by atoms with Crippen molar-refractivity contribution in [2.24, 2.45) is 4.99 Å². The van der Waals surface area contributed by atoms with Gasteiger partial charge in [0.1, 0.15) is 5.84 Å². The summed E-state index contributed by atoms with van der Waals surface area (Å²) < 4.78 is 0. The van der Waals surface area contributed by atoms with Crippen LogP contribution in [0.25, 0.3) is 0 Å². The van der Waals surface area contributed by atoms with Crippen molar-refractivity contribution in [1.29, 1.82) is 0 Å². The molecule has 7 heteroatoms. The number of piperazine rings is 1. The van der Waals surface area contributed by atoms with E-state index in [1.165, 1.54) is 0 Å². The van der Waals surface area contributed by atoms with E-state index in [0.29, 0.717) is 29.5 Å². The standard InChI is InChI=1S/C30H31N5O2/c1-20-19-35(16-15-31-20)25-11-9-21(10-12-25)28(36)33-27-26-17-22(7-8-23(26)18-32-27)29(37)34-30(13-14-30)24-5-3-2-4-6-24/h2-12,17,20,31H,13-16,18-19H2,1H3,(H,34,37)(H,32,33,36)/t20-/m0/s1. The molecule has 37 heavy (non-hydrogen) atoms. The fourth-order valence-electron chi connectivity index (χ4n) is 5.26. The van der Waals surface area contributed by atoms with Gasteiger partial charge in [0.25, 0.3) is 11.8 Å². The van der Waals surface area contributed by atoms with Gasteiger partial charge in [0, 0.05) is 48.1 Å². The van der Waals surface area contributed by atoms with Crippen LogP contribution in [0.2, 0.25) is 0 Å². The Bertz CT molecular complexity index is 1360. The van der Waals surface area contributed by atoms with Crippen molar-refractivity contribution in [2.75, 3.05) is 24.5 Å². The zero-order chi connectivity index (χ0) is 25.4. The molecule has 3 aliphatic rings. The number of benzene rings is 3. The Kier molecular flexibility index (Phi) is 6.00. The summed E-state index contributed by atoms with van der Waals surface area (Å²) in [6.45, 7) is 5.51. The molecule has 0 unspecified atom stereocenters. The highest BCUT2D eigenvalue weighted by Gasteiger charge is 2.45. The largest absolute Gasteiger partial charge is 0.369 e. The van der Waals surface area contributed by atoms with E-state index in [9.17, 15) is 9.59 Å². The fourth-order valence-corrected chi connectivity index (χ4v) is 5.26. The van der Waals surface area contributed by atoms with Crippen LogP contribution in [0.1, 0.15) is 57.2 Å². The van der Waals surface area contributed by atoms with Crippen molar-refractivity contribution in [2.45, 2.75) is 37.9 Å². The number of amides is 2. The summed E-state index contributed by atoms with van der Waals surface area (Å²) in [5.74, 6) is 0.195. The van der Waals surface area contributed by atoms with Gasteiger partial charge in [0.2, 0.25) is 0 Å². The second kappa shape index (κ2) is 9.48. The van der Waals surface area contributed by atoms with Crippen LogP contribution in [0.15, 0.2) is 77.8 Å². The van der Waals surface area contributed by atoms with Crippen LogP contribution < -0.4 is 20.9 Å². The molecule has 2 amide bonds. The molecule has 3 N–H and O–H groups in total. The Morgan fingerprint density at radius 2 is 1.73 bits per heavy atom. The molecule has 0 spiro atoms. The number of nitrogens with one attached hydrogen (secondary N) is 3. The maximum Gasteiger partial charge on any atom is 0.256 e. The predicted octanol–water partition coefficient (Wildman–Crippen LogP) is 3.59. The van der Waals surface area contributed by atoms with Gasteiger partial charge in [-0.05, 0) is 67.3 Å². The van der Waals surface area contributed by atoms with Gasteiger partial charge in [0.05, 0.1) is 12.1 Å². The summed E-state index contributed by atoms with van der Waals surface area (Å²) in [6.07, 6.45) is 1.87. The predicted molar refractivity (Wildman–Crippen MR) is 145 cm³/mol. The molecule has 3 aromatic rings. The summed E-state index contributed by atoms with van der Waals surface area (Å²) >= 11 is 0. The van der Waals surface area contributed by atoms with Crippen molar-refractivity contribution < 1.29 is 9.59 Å². The molecule has 1 saturated heterocycles. The molecule has 1 atom stereocenters. The number of hydrogen-bond donors (Lipinski definition) is 3. The SMILES string of the molecule is C[C@H]1CN(c2ccc(C(=O)NC3=NCc4ccc(C(=O)NC5(c6ccccc6)CC5)cc43)cc2)CCN1. The van der Waals surface area contributed by atoms with E-state index in [2.05, 4.69) is 44.9 Å². The molecule has 2 aliphatic heterocycles. The van der Waals surface area contributed by atoms with Crippen LogP contribution in [0.5, 0.6) is 0 Å². The number of carbonyl (C=O) groups excluding carboxylic acids is 2. The highest BCUT2D eigenvalue weighted by atomic mass is 16.2. The number of aliphatic imine (C=N–C) groups is 1. The second-order valence-corrected chi connectivity index (χ2v) is 10.2. The first-order chi connectivity index (χ1) is 18.0. The van der Waals surface area contributed by atoms with Crippen LogP contribution in [0, 0.1) is 0 Å². The average Bonchev–Trinajstić information content (AvgIpc) is 3.61. The van der Waals surface area contributed by atoms with Crippen molar-refractivity contribution in [3.05, 3.63) is 101 Å². The number of rotatable bonds is 5. The molecule has 188 valence electrons. The second-order valence-electron chi connectivity index (χ2n) is 10.2. The monoisotopic (exact) mass is 493 g/mol. The van der Waals surface area contributed by atoms with Crippen LogP contribution in [0.4, 0.5) is 5.69 Å². The number of hydrogen-bond acceptors (Lipinski definition) is 5. The first-order valence-corrected chi connectivity index (χ1v) is 13.0. The van der Waals surface area contributed by atoms with Gasteiger partial charge >= 0.3 is 0 Å². The third kappa shape index (κ3) is 4.74. The molecule has 7 nitrogen and oxygen atoms in total. The normalized spacial score (nSPS) is 19.5. The molecule has 0 radical (unpaired) electrons. The summed E-state index contributed by atoms with van der Waals surface area (Å²) in [5, 5.41) is 9.65. The van der Waals surface area contributed by atoms with E-state index in [4.69, 9.17) is 0 Å². The molecule has 6 rings (SSSR count). The van der Waals surface area contributed by atoms with Crippen LogP contribution >= 0.6 is 0 Å². The van der Waals surface area contributed by atoms with Crippen molar-refractivity contribution in [3.8, 4) is 0 Å². The van der Waals surface area contributed by atoms with Crippen molar-refractivity contribution in [3.63, 3.8) is 0 Å². The Hall–Kier alpha value is -3.97. The van der Waals surface area contributed by atoms with Crippen LogP contribution in [-0.2, 0) is 12.1 Å². The zero-order valence-corrected chi connectivity index (χ0v) is 21.0. The fraction of sp³-hybridized carbons (Fsp3) is 0.300. The third-order valence-corrected chi connectivity index (χ3v) is 7.56. The molecule has 0 aromatic heterocycles. The minimum absolute atomic E-state index is 0.112. The lowest BCUT2D eigenvalue weighted by atomic mass is 10.0. The molecular weight excluding hydrogens is 462 g/mol. The summed E-state index contributed by atoms with van der Waals surface area (Å²) in [5.41, 5.74) is 4.92. The number of nitrogens with zero attached hydrogens (tertiary/aromatic N) is 2. The van der Waals surface area contributed by atoms with E-state index in [1.807, 2.05) is 60.7 Å². The van der Waals surface area contributed by atoms with E-state index in [-0.39, 0.29) is 17.4 Å². The van der Waals surface area contributed by atoms with Gasteiger partial charge in [-0.2, -0.15) is 0 Å². The topological polar surface area (TPSA) is 85.8 Å². The lowest BCUT2D eigenvalue weighted by molar-refractivity contribution is 0.0929. The van der Waals surface area contributed by atoms with Gasteiger partial charge in [-0.3, -0.25) is 14.6 Å². The van der Waals surface area contributed by atoms with Gasteiger partial charge in [0.15, 0.2) is 0 Å². The van der Waals surface area contributed by atoms with Gasteiger partial charge in [-0.25, -0.2) is 0 Å². The van der Waals surface area contributed by atoms with Gasteiger partial charge < -0.3 is 20.9 Å². The summed E-state index contributed by atoms with van der Waals surface area (Å²) in [6, 6.07) is 23.9. The lowest BCUT2D eigenvalue weighted by Crippen LogP contribution is -2.49. The summed E-state index contributed by atoms with van der Waals surface area (Å²) in [7, 11) is 0. The highest BCUT2D eigenvalue weighted by Crippen LogP contribution is 2.45. The molecule has 3 aromatic carbocycles. The molecular formula is C30H31N5O2. The Labute approximate surface area is 217 Å². The molecule has 2 heterocycles. The Morgan fingerprint density at radius 1 is 0.973 bits per heavy atom. The maximum atomic E-state index is 13.2. The summed E-state index contributed by atoms with van der Waals surface area (Å²) in [4.78, 5) is 33.1. The number of carbonyl (C=O) groups is 2. The zero-order valence-electron chi connectivity index (χ0n) is 21.0. The van der Waals surface area contributed by atoms with Crippen LogP contribution in [0.3, 0.4) is 0 Å². The Balaban J connectivity index is 1.13. The quantitative estimate of drug-likeness (QED) is 0.507. The molecule has 0 bridgehead atoms. The van der Waals surface area contributed by atoms with Crippen LogP contribution in [-0.4, -0.2) is 43.3 Å². The molecule has 1 aliphatic carbocycles. The first-order valence-electron chi connectivity index (χ1n) is 13.0. The number of fused-ring (bicyclic) bond motifs is 1. The van der Waals surface area contributed by atoms with E-state index in [0.717, 1.165) is 54.9 Å². The highest BCUT2D eigenvalue weighted by molar-refractivity contribution is 6.15. The van der Waals surface area contributed by atoms with Gasteiger partial charge in [-0.1, -0.05) is 36.4 Å². The van der Waals surface area contributed by atoms with E-state index in [1.54, 1.807) is 0 Å². The van der Waals surface area contributed by atoms with E-state index < -0.39 is 0 Å². The van der Waals surface area contributed by atoms with Gasteiger partial charge in [-0.15, -0.1) is 0 Å². The number of anilines is 1. The smallest absolute Gasteiger partial charge is 0.256 e. The molecule has 2 fully saturated rings. The average molecular weight is 494 g/mol. The molecule has 1 saturated carbocycles. The minimum Gasteiger partial charge on any atom is -0.369 e. The minimum atomic E-state index is -0.280. The van der Waals surface area contributed by atoms with E-state index >= 15 is 0 Å². The third-order valence-electron chi connectivity index (χ3n) is 7.56. The number of amidine groups is 1. The first kappa shape index (κ1) is 23.4. The van der Waals surface area contributed by atoms with Crippen molar-refractivity contribution >= 4 is 23.3 Å². The maximum absolute atomic E-state index is 13.2. The Morgan fingerprint density at radius 3 is 2.46 bits per heavy atom. The lowest BCUT2D eigenvalue weighted by Gasteiger charge is -2.33.